The smallest absolute Gasteiger partial charge is 0.0271 e. The van der Waals surface area contributed by atoms with E-state index < -0.39 is 0 Å². The van der Waals surface area contributed by atoms with Crippen LogP contribution in [0.25, 0.3) is 0 Å². The van der Waals surface area contributed by atoms with Gasteiger partial charge in [-0.2, -0.15) is 0 Å². The molecule has 92 valence electrons. The van der Waals surface area contributed by atoms with Crippen molar-refractivity contribution in [3.63, 3.8) is 0 Å². The molecule has 0 N–H and O–H groups in total. The first-order valence-electron chi connectivity index (χ1n) is 7.31. The SMILES string of the molecule is [2H]C(CCCCCCCC)CC1C=CC=CS1. The molecule has 16 heavy (non-hydrogen) atoms. The van der Waals surface area contributed by atoms with Gasteiger partial charge in [-0.15, -0.1) is 11.8 Å². The van der Waals surface area contributed by atoms with Crippen molar-refractivity contribution in [1.82, 2.24) is 0 Å². The Kier molecular flexibility index (Phi) is 7.69. The van der Waals surface area contributed by atoms with Crippen molar-refractivity contribution in [2.24, 2.45) is 0 Å². The summed E-state index contributed by atoms with van der Waals surface area (Å²) < 4.78 is 8.05. The molecule has 0 bridgehead atoms. The lowest BCUT2D eigenvalue weighted by Crippen LogP contribution is -1.98. The molecule has 1 heteroatoms. The molecule has 0 amide bonds. The van der Waals surface area contributed by atoms with Crippen molar-refractivity contribution in [1.29, 1.82) is 0 Å². The molecule has 0 aromatic carbocycles. The van der Waals surface area contributed by atoms with Crippen molar-refractivity contribution in [3.8, 4) is 0 Å². The molecule has 0 nitrogen and oxygen atoms in total. The molecule has 1 aliphatic rings. The Hall–Kier alpha value is -0.170. The van der Waals surface area contributed by atoms with Gasteiger partial charge in [-0.1, -0.05) is 76.5 Å². The van der Waals surface area contributed by atoms with E-state index in [4.69, 9.17) is 1.37 Å². The molecule has 2 unspecified atom stereocenters. The molecular formula is C15H26S. The van der Waals surface area contributed by atoms with Crippen molar-refractivity contribution in [2.45, 2.75) is 69.9 Å². The summed E-state index contributed by atoms with van der Waals surface area (Å²) in [7, 11) is 0. The summed E-state index contributed by atoms with van der Waals surface area (Å²) in [5.41, 5.74) is 0. The highest BCUT2D eigenvalue weighted by molar-refractivity contribution is 8.02. The third kappa shape index (κ3) is 7.16. The van der Waals surface area contributed by atoms with E-state index in [1.54, 1.807) is 0 Å². The first-order chi connectivity index (χ1) is 8.33. The zero-order valence-corrected chi connectivity index (χ0v) is 11.3. The fraction of sp³-hybridized carbons (Fsp3) is 0.733. The van der Waals surface area contributed by atoms with E-state index in [-0.39, 0.29) is 6.40 Å². The second-order valence-electron chi connectivity index (χ2n) is 4.47. The van der Waals surface area contributed by atoms with E-state index in [2.05, 4.69) is 30.6 Å². The van der Waals surface area contributed by atoms with Crippen molar-refractivity contribution >= 4 is 11.8 Å². The minimum atomic E-state index is 0.134. The van der Waals surface area contributed by atoms with E-state index in [9.17, 15) is 0 Å². The Morgan fingerprint density at radius 3 is 2.50 bits per heavy atom. The lowest BCUT2D eigenvalue weighted by Gasteiger charge is -2.11. The maximum Gasteiger partial charge on any atom is 0.0271 e. The molecule has 0 aliphatic carbocycles. The van der Waals surface area contributed by atoms with Gasteiger partial charge >= 0.3 is 0 Å². The second kappa shape index (κ2) is 10.0. The zero-order valence-electron chi connectivity index (χ0n) is 11.5. The first-order valence-corrected chi connectivity index (χ1v) is 7.68. The van der Waals surface area contributed by atoms with Gasteiger partial charge in [0.25, 0.3) is 0 Å². The van der Waals surface area contributed by atoms with Crippen molar-refractivity contribution in [3.05, 3.63) is 23.6 Å². The van der Waals surface area contributed by atoms with Gasteiger partial charge in [0.1, 0.15) is 0 Å². The predicted molar refractivity (Wildman–Crippen MR) is 76.9 cm³/mol. The van der Waals surface area contributed by atoms with Gasteiger partial charge in [0.15, 0.2) is 0 Å². The summed E-state index contributed by atoms with van der Waals surface area (Å²) in [4.78, 5) is 0. The van der Waals surface area contributed by atoms with Crippen LogP contribution in [0, 0.1) is 0 Å². The molecular weight excluding hydrogens is 212 g/mol. The van der Waals surface area contributed by atoms with Crippen molar-refractivity contribution in [2.75, 3.05) is 0 Å². The quantitative estimate of drug-likeness (QED) is 0.465. The van der Waals surface area contributed by atoms with E-state index in [1.165, 1.54) is 38.5 Å². The van der Waals surface area contributed by atoms with Crippen LogP contribution in [0.4, 0.5) is 0 Å². The zero-order chi connectivity index (χ0) is 12.3. The van der Waals surface area contributed by atoms with Crippen LogP contribution in [-0.2, 0) is 0 Å². The average Bonchev–Trinajstić information content (AvgIpc) is 2.35. The molecule has 1 heterocycles. The summed E-state index contributed by atoms with van der Waals surface area (Å²) in [5, 5.41) is 2.69. The van der Waals surface area contributed by atoms with Crippen LogP contribution in [0.5, 0.6) is 0 Å². The highest BCUT2D eigenvalue weighted by Crippen LogP contribution is 2.23. The Morgan fingerprint density at radius 1 is 1.06 bits per heavy atom. The molecule has 0 radical (unpaired) electrons. The van der Waals surface area contributed by atoms with Gasteiger partial charge in [-0.05, 0) is 11.8 Å². The van der Waals surface area contributed by atoms with Crippen molar-refractivity contribution < 1.29 is 1.37 Å². The summed E-state index contributed by atoms with van der Waals surface area (Å²) in [6.45, 7) is 2.25. The van der Waals surface area contributed by atoms with Crippen LogP contribution in [0.2, 0.25) is 0 Å². The summed E-state index contributed by atoms with van der Waals surface area (Å²) >= 11 is 1.85. The van der Waals surface area contributed by atoms with Gasteiger partial charge in [0.2, 0.25) is 0 Å². The minimum Gasteiger partial charge on any atom is -0.127 e. The number of allylic oxidation sites excluding steroid dienone is 2. The molecule has 0 saturated carbocycles. The van der Waals surface area contributed by atoms with E-state index in [1.807, 2.05) is 11.8 Å². The molecule has 1 rings (SSSR count). The van der Waals surface area contributed by atoms with Crippen LogP contribution >= 0.6 is 11.8 Å². The number of unbranched alkanes of at least 4 members (excludes halogenated alkanes) is 5. The fourth-order valence-electron chi connectivity index (χ4n) is 1.91. The largest absolute Gasteiger partial charge is 0.127 e. The molecule has 0 saturated heterocycles. The van der Waals surface area contributed by atoms with Gasteiger partial charge in [-0.25, -0.2) is 0 Å². The summed E-state index contributed by atoms with van der Waals surface area (Å²) in [6.07, 6.45) is 16.7. The van der Waals surface area contributed by atoms with E-state index >= 15 is 0 Å². The highest BCUT2D eigenvalue weighted by atomic mass is 32.2. The second-order valence-corrected chi connectivity index (χ2v) is 5.62. The minimum absolute atomic E-state index is 0.134. The van der Waals surface area contributed by atoms with E-state index in [0.717, 1.165) is 12.8 Å². The van der Waals surface area contributed by atoms with Crippen LogP contribution < -0.4 is 0 Å². The normalized spacial score (nSPS) is 22.1. The third-order valence-electron chi connectivity index (χ3n) is 2.93. The predicted octanol–water partition coefficient (Wildman–Crippen LogP) is 5.70. The first kappa shape index (κ1) is 12.3. The molecule has 0 aromatic heterocycles. The number of thioether (sulfide) groups is 1. The fourth-order valence-corrected chi connectivity index (χ4v) is 2.72. The lowest BCUT2D eigenvalue weighted by molar-refractivity contribution is 0.568. The average molecular weight is 239 g/mol. The molecule has 1 aliphatic heterocycles. The highest BCUT2D eigenvalue weighted by Gasteiger charge is 2.04. The van der Waals surface area contributed by atoms with Gasteiger partial charge in [-0.3, -0.25) is 0 Å². The van der Waals surface area contributed by atoms with Gasteiger partial charge < -0.3 is 0 Å². The molecule has 0 aromatic rings. The Balaban J connectivity index is 1.95. The number of rotatable bonds is 9. The topological polar surface area (TPSA) is 0 Å². The van der Waals surface area contributed by atoms with Crippen LogP contribution in [0.3, 0.4) is 0 Å². The van der Waals surface area contributed by atoms with Crippen LogP contribution in [-0.4, -0.2) is 5.25 Å². The standard InChI is InChI=1S/C15H26S/c1-2-3-4-5-6-7-8-9-12-15-13-10-11-14-16-15/h10-11,13-15H,2-9,12H2,1H3/i9D. The Morgan fingerprint density at radius 2 is 1.81 bits per heavy atom. The monoisotopic (exact) mass is 239 g/mol. The number of hydrogen-bond acceptors (Lipinski definition) is 1. The maximum atomic E-state index is 8.05. The number of hydrogen-bond donors (Lipinski definition) is 0. The molecule has 2 atom stereocenters. The lowest BCUT2D eigenvalue weighted by atomic mass is 10.1. The van der Waals surface area contributed by atoms with Gasteiger partial charge in [0.05, 0.1) is 0 Å². The molecule has 0 spiro atoms. The Bertz CT molecular complexity index is 235. The Labute approximate surface area is 107 Å². The third-order valence-corrected chi connectivity index (χ3v) is 3.94. The maximum absolute atomic E-state index is 8.05. The van der Waals surface area contributed by atoms with Crippen LogP contribution in [0.15, 0.2) is 23.6 Å². The van der Waals surface area contributed by atoms with E-state index in [0.29, 0.717) is 5.25 Å². The van der Waals surface area contributed by atoms with Crippen LogP contribution in [0.1, 0.15) is 66.1 Å². The molecule has 0 fully saturated rings. The van der Waals surface area contributed by atoms with Gasteiger partial charge in [0, 0.05) is 6.62 Å². The summed E-state index contributed by atoms with van der Waals surface area (Å²) in [6, 6.07) is 0. The summed E-state index contributed by atoms with van der Waals surface area (Å²) in [5.74, 6) is 0.